The van der Waals surface area contributed by atoms with Gasteiger partial charge in [-0.2, -0.15) is 0 Å². The summed E-state index contributed by atoms with van der Waals surface area (Å²) < 4.78 is 6.00. The van der Waals surface area contributed by atoms with Gasteiger partial charge in [0.1, 0.15) is 5.75 Å². The first-order chi connectivity index (χ1) is 9.69. The van der Waals surface area contributed by atoms with Crippen LogP contribution in [0.25, 0.3) is 0 Å². The average molecular weight is 335 g/mol. The Labute approximate surface area is 126 Å². The SMILES string of the molecule is COc1ccc(CC(=O)NCc2ccccn2)cc1Br. The van der Waals surface area contributed by atoms with Crippen LogP contribution in [0.1, 0.15) is 11.3 Å². The highest BCUT2D eigenvalue weighted by Gasteiger charge is 2.06. The van der Waals surface area contributed by atoms with Crippen LogP contribution >= 0.6 is 15.9 Å². The van der Waals surface area contributed by atoms with Crippen LogP contribution in [0.15, 0.2) is 47.1 Å². The predicted molar refractivity (Wildman–Crippen MR) is 80.5 cm³/mol. The summed E-state index contributed by atoms with van der Waals surface area (Å²) in [6.07, 6.45) is 2.04. The minimum atomic E-state index is -0.0345. The molecular weight excluding hydrogens is 320 g/mol. The molecule has 0 atom stereocenters. The van der Waals surface area contributed by atoms with E-state index in [-0.39, 0.29) is 5.91 Å². The van der Waals surface area contributed by atoms with Crippen molar-refractivity contribution in [2.45, 2.75) is 13.0 Å². The highest BCUT2D eigenvalue weighted by molar-refractivity contribution is 9.10. The van der Waals surface area contributed by atoms with E-state index < -0.39 is 0 Å². The molecule has 0 aliphatic heterocycles. The lowest BCUT2D eigenvalue weighted by Gasteiger charge is -2.07. The molecule has 0 spiro atoms. The molecule has 20 heavy (non-hydrogen) atoms. The molecule has 1 aromatic carbocycles. The molecule has 0 bridgehead atoms. The van der Waals surface area contributed by atoms with Crippen molar-refractivity contribution in [3.63, 3.8) is 0 Å². The Morgan fingerprint density at radius 2 is 2.20 bits per heavy atom. The van der Waals surface area contributed by atoms with Gasteiger partial charge in [0, 0.05) is 6.20 Å². The Kier molecular flexibility index (Phi) is 5.12. The summed E-state index contributed by atoms with van der Waals surface area (Å²) in [4.78, 5) is 16.0. The molecule has 4 nitrogen and oxygen atoms in total. The van der Waals surface area contributed by atoms with E-state index in [1.807, 2.05) is 36.4 Å². The molecule has 0 saturated carbocycles. The second-order valence-electron chi connectivity index (χ2n) is 4.24. The molecule has 2 rings (SSSR count). The molecule has 0 unspecified atom stereocenters. The predicted octanol–water partition coefficient (Wildman–Crippen LogP) is 2.71. The summed E-state index contributed by atoms with van der Waals surface area (Å²) >= 11 is 3.41. The largest absolute Gasteiger partial charge is 0.496 e. The van der Waals surface area contributed by atoms with Gasteiger partial charge in [0.2, 0.25) is 5.91 Å². The first kappa shape index (κ1) is 14.5. The van der Waals surface area contributed by atoms with Crippen LogP contribution in [0, 0.1) is 0 Å². The fourth-order valence-corrected chi connectivity index (χ4v) is 2.35. The van der Waals surface area contributed by atoms with Crippen LogP contribution in [0.5, 0.6) is 5.75 Å². The van der Waals surface area contributed by atoms with Crippen molar-refractivity contribution in [2.24, 2.45) is 0 Å². The maximum Gasteiger partial charge on any atom is 0.224 e. The molecule has 1 N–H and O–H groups in total. The molecule has 104 valence electrons. The van der Waals surface area contributed by atoms with E-state index in [0.717, 1.165) is 21.5 Å². The molecule has 0 aliphatic rings. The van der Waals surface area contributed by atoms with Gasteiger partial charge in [0.15, 0.2) is 0 Å². The average Bonchev–Trinajstić information content (AvgIpc) is 2.46. The molecule has 1 amide bonds. The van der Waals surface area contributed by atoms with Crippen LogP contribution in [-0.4, -0.2) is 18.0 Å². The third-order valence-electron chi connectivity index (χ3n) is 2.77. The maximum atomic E-state index is 11.9. The number of carbonyl (C=O) groups is 1. The van der Waals surface area contributed by atoms with Crippen molar-refractivity contribution in [2.75, 3.05) is 7.11 Å². The Hall–Kier alpha value is -1.88. The van der Waals surface area contributed by atoms with E-state index in [9.17, 15) is 4.79 Å². The monoisotopic (exact) mass is 334 g/mol. The lowest BCUT2D eigenvalue weighted by molar-refractivity contribution is -0.120. The van der Waals surface area contributed by atoms with Crippen LogP contribution in [0.3, 0.4) is 0 Å². The molecule has 0 aliphatic carbocycles. The van der Waals surface area contributed by atoms with Gasteiger partial charge < -0.3 is 10.1 Å². The maximum absolute atomic E-state index is 11.9. The Morgan fingerprint density at radius 3 is 2.85 bits per heavy atom. The summed E-state index contributed by atoms with van der Waals surface area (Å²) in [5, 5.41) is 2.85. The smallest absolute Gasteiger partial charge is 0.224 e. The zero-order chi connectivity index (χ0) is 14.4. The van der Waals surface area contributed by atoms with Crippen molar-refractivity contribution >= 4 is 21.8 Å². The number of nitrogens with one attached hydrogen (secondary N) is 1. The van der Waals surface area contributed by atoms with Gasteiger partial charge in [-0.3, -0.25) is 9.78 Å². The quantitative estimate of drug-likeness (QED) is 0.914. The number of aromatic nitrogens is 1. The molecule has 2 aromatic rings. The molecule has 1 aromatic heterocycles. The van der Waals surface area contributed by atoms with E-state index >= 15 is 0 Å². The van der Waals surface area contributed by atoms with E-state index in [4.69, 9.17) is 4.74 Å². The van der Waals surface area contributed by atoms with E-state index in [0.29, 0.717) is 13.0 Å². The van der Waals surface area contributed by atoms with Gasteiger partial charge in [0.05, 0.1) is 30.2 Å². The van der Waals surface area contributed by atoms with Gasteiger partial charge in [-0.1, -0.05) is 12.1 Å². The van der Waals surface area contributed by atoms with Gasteiger partial charge in [0.25, 0.3) is 0 Å². The van der Waals surface area contributed by atoms with Gasteiger partial charge in [-0.25, -0.2) is 0 Å². The standard InChI is InChI=1S/C15H15BrN2O2/c1-20-14-6-5-11(8-13(14)16)9-15(19)18-10-12-4-2-3-7-17-12/h2-8H,9-10H2,1H3,(H,18,19). The summed E-state index contributed by atoms with van der Waals surface area (Å²) in [6, 6.07) is 11.2. The third kappa shape index (κ3) is 4.06. The van der Waals surface area contributed by atoms with E-state index in [1.54, 1.807) is 13.3 Å². The fourth-order valence-electron chi connectivity index (χ4n) is 1.76. The molecule has 0 fully saturated rings. The number of ether oxygens (including phenoxy) is 1. The minimum absolute atomic E-state index is 0.0345. The zero-order valence-electron chi connectivity index (χ0n) is 11.1. The number of carbonyl (C=O) groups excluding carboxylic acids is 1. The third-order valence-corrected chi connectivity index (χ3v) is 3.39. The van der Waals surface area contributed by atoms with Crippen LogP contribution in [0.4, 0.5) is 0 Å². The number of rotatable bonds is 5. The number of methoxy groups -OCH3 is 1. The van der Waals surface area contributed by atoms with Crippen molar-refractivity contribution in [1.82, 2.24) is 10.3 Å². The second kappa shape index (κ2) is 7.05. The lowest BCUT2D eigenvalue weighted by Crippen LogP contribution is -2.24. The van der Waals surface area contributed by atoms with Crippen molar-refractivity contribution in [3.8, 4) is 5.75 Å². The van der Waals surface area contributed by atoms with Crippen molar-refractivity contribution in [1.29, 1.82) is 0 Å². The molecule has 0 radical (unpaired) electrons. The van der Waals surface area contributed by atoms with Crippen molar-refractivity contribution < 1.29 is 9.53 Å². The molecule has 5 heteroatoms. The number of amides is 1. The number of nitrogens with zero attached hydrogens (tertiary/aromatic N) is 1. The Bertz CT molecular complexity index is 588. The van der Waals surface area contributed by atoms with Crippen LogP contribution < -0.4 is 10.1 Å². The van der Waals surface area contributed by atoms with Gasteiger partial charge in [-0.15, -0.1) is 0 Å². The number of benzene rings is 1. The molecule has 1 heterocycles. The summed E-state index contributed by atoms with van der Waals surface area (Å²) in [6.45, 7) is 0.441. The number of hydrogen-bond acceptors (Lipinski definition) is 3. The van der Waals surface area contributed by atoms with E-state index in [2.05, 4.69) is 26.2 Å². The highest BCUT2D eigenvalue weighted by atomic mass is 79.9. The molecular formula is C15H15BrN2O2. The highest BCUT2D eigenvalue weighted by Crippen LogP contribution is 2.25. The summed E-state index contributed by atoms with van der Waals surface area (Å²) in [5.74, 6) is 0.718. The first-order valence-electron chi connectivity index (χ1n) is 6.18. The second-order valence-corrected chi connectivity index (χ2v) is 5.10. The summed E-state index contributed by atoms with van der Waals surface area (Å²) in [5.41, 5.74) is 1.77. The first-order valence-corrected chi connectivity index (χ1v) is 6.97. The topological polar surface area (TPSA) is 51.2 Å². The fraction of sp³-hybridized carbons (Fsp3) is 0.200. The van der Waals surface area contributed by atoms with Gasteiger partial charge >= 0.3 is 0 Å². The number of halogens is 1. The number of hydrogen-bond donors (Lipinski definition) is 1. The van der Waals surface area contributed by atoms with E-state index in [1.165, 1.54) is 0 Å². The van der Waals surface area contributed by atoms with Crippen LogP contribution in [0.2, 0.25) is 0 Å². The number of pyridine rings is 1. The van der Waals surface area contributed by atoms with Crippen molar-refractivity contribution in [3.05, 3.63) is 58.3 Å². The molecule has 0 saturated heterocycles. The Balaban J connectivity index is 1.90. The Morgan fingerprint density at radius 1 is 1.35 bits per heavy atom. The van der Waals surface area contributed by atoms with Gasteiger partial charge in [-0.05, 0) is 45.8 Å². The normalized spacial score (nSPS) is 10.1. The zero-order valence-corrected chi connectivity index (χ0v) is 12.7. The van der Waals surface area contributed by atoms with Crippen LogP contribution in [-0.2, 0) is 17.8 Å². The lowest BCUT2D eigenvalue weighted by atomic mass is 10.1. The minimum Gasteiger partial charge on any atom is -0.496 e. The summed E-state index contributed by atoms with van der Waals surface area (Å²) in [7, 11) is 1.61.